The fourth-order valence-corrected chi connectivity index (χ4v) is 2.60. The van der Waals surface area contributed by atoms with E-state index in [0.717, 1.165) is 12.1 Å². The molecule has 0 spiro atoms. The van der Waals surface area contributed by atoms with Crippen molar-refractivity contribution >= 4 is 21.4 Å². The van der Waals surface area contributed by atoms with Gasteiger partial charge in [-0.2, -0.15) is 0 Å². The lowest BCUT2D eigenvalue weighted by Gasteiger charge is -2.03. The molecule has 4 nitrogen and oxygen atoms in total. The Morgan fingerprint density at radius 2 is 1.72 bits per heavy atom. The first-order chi connectivity index (χ1) is 8.30. The van der Waals surface area contributed by atoms with Crippen molar-refractivity contribution < 1.29 is 22.4 Å². The van der Waals surface area contributed by atoms with Crippen LogP contribution in [0, 0.1) is 5.82 Å². The molecule has 0 radical (unpaired) electrons. The van der Waals surface area contributed by atoms with Crippen molar-refractivity contribution in [2.24, 2.45) is 0 Å². The highest BCUT2D eigenvalue weighted by atomic mass is 32.2. The monoisotopic (exact) mass is 272 g/mol. The molecule has 0 bridgehead atoms. The zero-order chi connectivity index (χ0) is 13.8. The maximum atomic E-state index is 12.6. The van der Waals surface area contributed by atoms with Crippen molar-refractivity contribution in [2.45, 2.75) is 13.3 Å². The first-order valence-electron chi connectivity index (χ1n) is 5.29. The molecule has 98 valence electrons. The van der Waals surface area contributed by atoms with Crippen LogP contribution in [0.5, 0.6) is 0 Å². The molecular formula is C12H13FO4S. The van der Waals surface area contributed by atoms with Gasteiger partial charge in [-0.3, -0.25) is 9.59 Å². The van der Waals surface area contributed by atoms with Gasteiger partial charge in [-0.1, -0.05) is 0 Å². The minimum atomic E-state index is -3.60. The number of halogens is 1. The van der Waals surface area contributed by atoms with Crippen LogP contribution >= 0.6 is 0 Å². The summed E-state index contributed by atoms with van der Waals surface area (Å²) in [4.78, 5) is 22.3. The van der Waals surface area contributed by atoms with Gasteiger partial charge in [0, 0.05) is 12.0 Å². The van der Waals surface area contributed by atoms with Crippen LogP contribution in [0.3, 0.4) is 0 Å². The van der Waals surface area contributed by atoms with Gasteiger partial charge in [0.2, 0.25) is 0 Å². The molecule has 0 N–H and O–H groups in total. The van der Waals surface area contributed by atoms with Crippen LogP contribution in [0.2, 0.25) is 0 Å². The quantitative estimate of drug-likeness (QED) is 0.734. The number of benzene rings is 1. The normalized spacial score (nSPS) is 11.2. The summed E-state index contributed by atoms with van der Waals surface area (Å²) in [6.45, 7) is 1.29. The van der Waals surface area contributed by atoms with Crippen molar-refractivity contribution in [3.8, 4) is 0 Å². The van der Waals surface area contributed by atoms with Crippen LogP contribution in [0.1, 0.15) is 23.7 Å². The van der Waals surface area contributed by atoms with Crippen LogP contribution in [-0.4, -0.2) is 31.5 Å². The van der Waals surface area contributed by atoms with E-state index < -0.39 is 27.2 Å². The molecular weight excluding hydrogens is 259 g/mol. The molecule has 0 atom stereocenters. The number of rotatable bonds is 6. The summed E-state index contributed by atoms with van der Waals surface area (Å²) in [5, 5.41) is 0. The lowest BCUT2D eigenvalue weighted by Crippen LogP contribution is -2.20. The molecule has 0 fully saturated rings. The van der Waals surface area contributed by atoms with E-state index in [9.17, 15) is 22.4 Å². The summed E-state index contributed by atoms with van der Waals surface area (Å²) in [6, 6.07) is 4.65. The molecule has 6 heteroatoms. The second-order valence-corrected chi connectivity index (χ2v) is 6.16. The number of carbonyl (C=O) groups is 2. The molecule has 0 aliphatic heterocycles. The summed E-state index contributed by atoms with van der Waals surface area (Å²) in [6.07, 6.45) is -0.0982. The first-order valence-corrected chi connectivity index (χ1v) is 7.11. The predicted octanol–water partition coefficient (Wildman–Crippen LogP) is 1.40. The van der Waals surface area contributed by atoms with E-state index >= 15 is 0 Å². The van der Waals surface area contributed by atoms with E-state index in [-0.39, 0.29) is 23.5 Å². The number of Topliss-reactive ketones (excluding diaryl/α,β-unsaturated/α-hetero) is 2. The third-order valence-electron chi connectivity index (χ3n) is 2.28. The highest BCUT2D eigenvalue weighted by molar-refractivity contribution is 7.92. The summed E-state index contributed by atoms with van der Waals surface area (Å²) < 4.78 is 35.7. The van der Waals surface area contributed by atoms with Crippen molar-refractivity contribution in [1.82, 2.24) is 0 Å². The zero-order valence-electron chi connectivity index (χ0n) is 9.85. The van der Waals surface area contributed by atoms with Gasteiger partial charge in [-0.25, -0.2) is 12.8 Å². The Bertz CT molecular complexity index is 546. The molecule has 0 saturated heterocycles. The van der Waals surface area contributed by atoms with Gasteiger partial charge in [-0.05, 0) is 31.2 Å². The highest BCUT2D eigenvalue weighted by Gasteiger charge is 2.18. The van der Waals surface area contributed by atoms with Crippen LogP contribution in [0.25, 0.3) is 0 Å². The molecule has 1 aromatic rings. The maximum absolute atomic E-state index is 12.6. The zero-order valence-corrected chi connectivity index (χ0v) is 10.7. The van der Waals surface area contributed by atoms with Crippen LogP contribution in [-0.2, 0) is 14.6 Å². The summed E-state index contributed by atoms with van der Waals surface area (Å²) >= 11 is 0. The standard InChI is InChI=1S/C12H13FO4S/c1-9(14)6-7-18(16,17)8-12(15)10-2-4-11(13)5-3-10/h2-5H,6-8H2,1H3. The number of hydrogen-bond donors (Lipinski definition) is 0. The molecule has 0 saturated carbocycles. The largest absolute Gasteiger partial charge is 0.300 e. The van der Waals surface area contributed by atoms with Crippen molar-refractivity contribution in [3.63, 3.8) is 0 Å². The fourth-order valence-electron chi connectivity index (χ4n) is 1.29. The molecule has 0 heterocycles. The Kier molecular flexibility index (Phi) is 4.72. The molecule has 1 aromatic carbocycles. The topological polar surface area (TPSA) is 68.3 Å². The SMILES string of the molecule is CC(=O)CCS(=O)(=O)CC(=O)c1ccc(F)cc1. The highest BCUT2D eigenvalue weighted by Crippen LogP contribution is 2.06. The van der Waals surface area contributed by atoms with Gasteiger partial charge in [0.15, 0.2) is 15.6 Å². The lowest BCUT2D eigenvalue weighted by atomic mass is 10.1. The Hall–Kier alpha value is -1.56. The first kappa shape index (κ1) is 14.5. The van der Waals surface area contributed by atoms with Crippen LogP contribution in [0.15, 0.2) is 24.3 Å². The Morgan fingerprint density at radius 1 is 1.17 bits per heavy atom. The summed E-state index contributed by atoms with van der Waals surface area (Å²) in [5.41, 5.74) is 0.141. The minimum Gasteiger partial charge on any atom is -0.300 e. The van der Waals surface area contributed by atoms with E-state index in [1.54, 1.807) is 0 Å². The van der Waals surface area contributed by atoms with E-state index in [0.29, 0.717) is 0 Å². The molecule has 18 heavy (non-hydrogen) atoms. The van der Waals surface area contributed by atoms with Crippen molar-refractivity contribution in [1.29, 1.82) is 0 Å². The van der Waals surface area contributed by atoms with Crippen molar-refractivity contribution in [3.05, 3.63) is 35.6 Å². The number of ketones is 2. The van der Waals surface area contributed by atoms with E-state index in [1.165, 1.54) is 19.1 Å². The second kappa shape index (κ2) is 5.86. The molecule has 0 amide bonds. The number of carbonyl (C=O) groups excluding carboxylic acids is 2. The smallest absolute Gasteiger partial charge is 0.177 e. The molecule has 0 aliphatic rings. The molecule has 1 rings (SSSR count). The van der Waals surface area contributed by atoms with E-state index in [4.69, 9.17) is 0 Å². The number of hydrogen-bond acceptors (Lipinski definition) is 4. The number of sulfone groups is 1. The third-order valence-corrected chi connectivity index (χ3v) is 3.81. The van der Waals surface area contributed by atoms with Gasteiger partial charge >= 0.3 is 0 Å². The van der Waals surface area contributed by atoms with E-state index in [1.807, 2.05) is 0 Å². The van der Waals surface area contributed by atoms with Crippen molar-refractivity contribution in [2.75, 3.05) is 11.5 Å². The maximum Gasteiger partial charge on any atom is 0.177 e. The Morgan fingerprint density at radius 3 is 2.22 bits per heavy atom. The lowest BCUT2D eigenvalue weighted by molar-refractivity contribution is -0.116. The third kappa shape index (κ3) is 4.75. The molecule has 0 unspecified atom stereocenters. The predicted molar refractivity (Wildman–Crippen MR) is 64.7 cm³/mol. The second-order valence-electron chi connectivity index (χ2n) is 3.97. The van der Waals surface area contributed by atoms with Gasteiger partial charge in [0.1, 0.15) is 17.4 Å². The van der Waals surface area contributed by atoms with Gasteiger partial charge < -0.3 is 0 Å². The Balaban J connectivity index is 2.69. The summed E-state index contributed by atoms with van der Waals surface area (Å²) in [5.74, 6) is -2.33. The molecule has 0 aromatic heterocycles. The molecule has 0 aliphatic carbocycles. The van der Waals surface area contributed by atoms with Gasteiger partial charge in [-0.15, -0.1) is 0 Å². The summed E-state index contributed by atoms with van der Waals surface area (Å²) in [7, 11) is -3.60. The van der Waals surface area contributed by atoms with Gasteiger partial charge in [0.25, 0.3) is 0 Å². The van der Waals surface area contributed by atoms with Gasteiger partial charge in [0.05, 0.1) is 5.75 Å². The fraction of sp³-hybridized carbons (Fsp3) is 0.333. The Labute approximate surface area is 105 Å². The van der Waals surface area contributed by atoms with Crippen LogP contribution in [0.4, 0.5) is 4.39 Å². The van der Waals surface area contributed by atoms with Crippen LogP contribution < -0.4 is 0 Å². The average Bonchev–Trinajstić information content (AvgIpc) is 2.27. The van der Waals surface area contributed by atoms with E-state index in [2.05, 4.69) is 0 Å². The average molecular weight is 272 g/mol. The minimum absolute atomic E-state index is 0.0982.